The monoisotopic (exact) mass is 250 g/mol. The lowest BCUT2D eigenvalue weighted by molar-refractivity contribution is -0.119. The Hall–Kier alpha value is -1.80. The minimum atomic E-state index is -0.0761. The number of halogens is 1. The topological polar surface area (TPSA) is 77.8 Å². The van der Waals surface area contributed by atoms with E-state index in [0.717, 1.165) is 12.8 Å². The number of rotatable bonds is 4. The highest BCUT2D eigenvalue weighted by Gasteiger charge is 2.22. The van der Waals surface area contributed by atoms with Crippen LogP contribution in [-0.4, -0.2) is 23.5 Å². The van der Waals surface area contributed by atoms with E-state index in [1.807, 2.05) is 6.07 Å². The van der Waals surface area contributed by atoms with Crippen LogP contribution in [0.3, 0.4) is 0 Å². The quantitative estimate of drug-likeness (QED) is 0.790. The summed E-state index contributed by atoms with van der Waals surface area (Å²) in [6.45, 7) is 0.134. The summed E-state index contributed by atoms with van der Waals surface area (Å²) in [5.41, 5.74) is 0.412. The maximum absolute atomic E-state index is 11.4. The number of anilines is 1. The van der Waals surface area contributed by atoms with Gasteiger partial charge in [-0.2, -0.15) is 5.26 Å². The van der Waals surface area contributed by atoms with Crippen LogP contribution in [-0.2, 0) is 4.79 Å². The molecular formula is C11H11ClN4O. The van der Waals surface area contributed by atoms with Crippen molar-refractivity contribution in [2.45, 2.75) is 18.9 Å². The van der Waals surface area contributed by atoms with Crippen molar-refractivity contribution in [3.8, 4) is 6.07 Å². The van der Waals surface area contributed by atoms with E-state index in [9.17, 15) is 4.79 Å². The van der Waals surface area contributed by atoms with Gasteiger partial charge in [0, 0.05) is 6.04 Å². The van der Waals surface area contributed by atoms with Gasteiger partial charge in [-0.15, -0.1) is 0 Å². The molecule has 1 aromatic heterocycles. The van der Waals surface area contributed by atoms with Crippen LogP contribution in [0.15, 0.2) is 12.1 Å². The fourth-order valence-corrected chi connectivity index (χ4v) is 1.54. The van der Waals surface area contributed by atoms with Crippen LogP contribution >= 0.6 is 11.6 Å². The number of aromatic nitrogens is 1. The molecular weight excluding hydrogens is 240 g/mol. The van der Waals surface area contributed by atoms with Gasteiger partial charge >= 0.3 is 0 Å². The van der Waals surface area contributed by atoms with Crippen LogP contribution in [0.2, 0.25) is 5.15 Å². The molecule has 2 rings (SSSR count). The van der Waals surface area contributed by atoms with Crippen molar-refractivity contribution in [2.75, 3.05) is 11.9 Å². The highest BCUT2D eigenvalue weighted by molar-refractivity contribution is 6.29. The van der Waals surface area contributed by atoms with Crippen LogP contribution in [0.1, 0.15) is 18.4 Å². The minimum Gasteiger partial charge on any atom is -0.361 e. The van der Waals surface area contributed by atoms with E-state index in [2.05, 4.69) is 15.6 Å². The third-order valence-corrected chi connectivity index (χ3v) is 2.49. The number of pyridine rings is 1. The summed E-state index contributed by atoms with van der Waals surface area (Å²) < 4.78 is 0. The van der Waals surface area contributed by atoms with Gasteiger partial charge in [0.05, 0.1) is 18.2 Å². The Kier molecular flexibility index (Phi) is 3.45. The number of nitrogens with zero attached hydrogens (tertiary/aromatic N) is 2. The summed E-state index contributed by atoms with van der Waals surface area (Å²) in [5.74, 6) is 0.354. The molecule has 1 saturated carbocycles. The van der Waals surface area contributed by atoms with E-state index in [4.69, 9.17) is 16.9 Å². The van der Waals surface area contributed by atoms with E-state index in [0.29, 0.717) is 17.4 Å². The Balaban J connectivity index is 1.91. The summed E-state index contributed by atoms with van der Waals surface area (Å²) in [5, 5.41) is 14.7. The second kappa shape index (κ2) is 5.02. The number of carbonyl (C=O) groups excluding carboxylic acids is 1. The molecule has 0 atom stereocenters. The number of amides is 1. The Morgan fingerprint density at radius 3 is 3.00 bits per heavy atom. The van der Waals surface area contributed by atoms with E-state index < -0.39 is 0 Å². The lowest BCUT2D eigenvalue weighted by Gasteiger charge is -2.06. The molecule has 6 heteroatoms. The van der Waals surface area contributed by atoms with Gasteiger partial charge < -0.3 is 10.6 Å². The molecule has 1 aromatic rings. The number of nitriles is 1. The average molecular weight is 251 g/mol. The van der Waals surface area contributed by atoms with Crippen LogP contribution in [0, 0.1) is 11.3 Å². The van der Waals surface area contributed by atoms with E-state index in [-0.39, 0.29) is 17.6 Å². The zero-order chi connectivity index (χ0) is 12.3. The molecule has 1 aliphatic rings. The van der Waals surface area contributed by atoms with Gasteiger partial charge in [0.15, 0.2) is 0 Å². The van der Waals surface area contributed by atoms with Gasteiger partial charge in [0.2, 0.25) is 5.91 Å². The van der Waals surface area contributed by atoms with Gasteiger partial charge in [-0.1, -0.05) is 11.6 Å². The summed E-state index contributed by atoms with van der Waals surface area (Å²) in [6, 6.07) is 5.33. The molecule has 17 heavy (non-hydrogen) atoms. The summed E-state index contributed by atoms with van der Waals surface area (Å²) in [6.07, 6.45) is 2.11. The highest BCUT2D eigenvalue weighted by Crippen LogP contribution is 2.18. The molecule has 0 radical (unpaired) electrons. The number of hydrogen-bond acceptors (Lipinski definition) is 4. The zero-order valence-corrected chi connectivity index (χ0v) is 9.79. The van der Waals surface area contributed by atoms with Crippen molar-refractivity contribution in [3.63, 3.8) is 0 Å². The van der Waals surface area contributed by atoms with Gasteiger partial charge in [-0.3, -0.25) is 4.79 Å². The molecule has 88 valence electrons. The molecule has 0 aromatic carbocycles. The summed E-state index contributed by atoms with van der Waals surface area (Å²) in [4.78, 5) is 15.4. The molecule has 1 amide bonds. The largest absolute Gasteiger partial charge is 0.361 e. The van der Waals surface area contributed by atoms with Crippen LogP contribution in [0.25, 0.3) is 0 Å². The maximum atomic E-state index is 11.4. The molecule has 1 fully saturated rings. The smallest absolute Gasteiger partial charge is 0.239 e. The molecule has 0 spiro atoms. The lowest BCUT2D eigenvalue weighted by Crippen LogP contribution is -2.31. The van der Waals surface area contributed by atoms with E-state index in [1.165, 1.54) is 6.07 Å². The first kappa shape index (κ1) is 11.7. The standard InChI is InChI=1S/C11H11ClN4O/c12-9-3-7(5-13)4-10(16-9)14-6-11(17)15-8-1-2-8/h3-4,8H,1-2,6H2,(H,14,16)(H,15,17). The van der Waals surface area contributed by atoms with Crippen molar-refractivity contribution < 1.29 is 4.79 Å². The van der Waals surface area contributed by atoms with Gasteiger partial charge in [-0.25, -0.2) is 4.98 Å². The van der Waals surface area contributed by atoms with E-state index in [1.54, 1.807) is 6.07 Å². The Bertz CT molecular complexity index is 479. The molecule has 1 heterocycles. The third-order valence-electron chi connectivity index (χ3n) is 2.30. The fraction of sp³-hybridized carbons (Fsp3) is 0.364. The second-order valence-electron chi connectivity index (χ2n) is 3.87. The fourth-order valence-electron chi connectivity index (χ4n) is 1.33. The van der Waals surface area contributed by atoms with E-state index >= 15 is 0 Å². The van der Waals surface area contributed by atoms with Gasteiger partial charge in [0.25, 0.3) is 0 Å². The van der Waals surface area contributed by atoms with Crippen LogP contribution < -0.4 is 10.6 Å². The predicted molar refractivity (Wildman–Crippen MR) is 63.6 cm³/mol. The molecule has 0 aliphatic heterocycles. The van der Waals surface area contributed by atoms with Gasteiger partial charge in [0.1, 0.15) is 11.0 Å². The van der Waals surface area contributed by atoms with Crippen molar-refractivity contribution >= 4 is 23.3 Å². The maximum Gasteiger partial charge on any atom is 0.239 e. The summed E-state index contributed by atoms with van der Waals surface area (Å²) >= 11 is 5.74. The Labute approximate surface area is 104 Å². The molecule has 0 unspecified atom stereocenters. The lowest BCUT2D eigenvalue weighted by atomic mass is 10.3. The normalized spacial score (nSPS) is 13.9. The first-order chi connectivity index (χ1) is 8.17. The first-order valence-corrected chi connectivity index (χ1v) is 5.66. The van der Waals surface area contributed by atoms with Gasteiger partial charge in [-0.05, 0) is 25.0 Å². The second-order valence-corrected chi connectivity index (χ2v) is 4.26. The van der Waals surface area contributed by atoms with Crippen molar-refractivity contribution in [3.05, 3.63) is 22.8 Å². The molecule has 2 N–H and O–H groups in total. The number of nitrogens with one attached hydrogen (secondary N) is 2. The molecule has 5 nitrogen and oxygen atoms in total. The Morgan fingerprint density at radius 1 is 1.59 bits per heavy atom. The van der Waals surface area contributed by atoms with Crippen LogP contribution in [0.5, 0.6) is 0 Å². The zero-order valence-electron chi connectivity index (χ0n) is 9.03. The SMILES string of the molecule is N#Cc1cc(Cl)nc(NCC(=O)NC2CC2)c1. The first-order valence-electron chi connectivity index (χ1n) is 5.28. The van der Waals surface area contributed by atoms with Crippen molar-refractivity contribution in [1.29, 1.82) is 5.26 Å². The van der Waals surface area contributed by atoms with Crippen molar-refractivity contribution in [1.82, 2.24) is 10.3 Å². The number of carbonyl (C=O) groups is 1. The predicted octanol–water partition coefficient (Wildman–Crippen LogP) is 1.30. The third kappa shape index (κ3) is 3.61. The summed E-state index contributed by atoms with van der Waals surface area (Å²) in [7, 11) is 0. The Morgan fingerprint density at radius 2 is 2.35 bits per heavy atom. The van der Waals surface area contributed by atoms with Crippen LogP contribution in [0.4, 0.5) is 5.82 Å². The molecule has 1 aliphatic carbocycles. The molecule has 0 saturated heterocycles. The minimum absolute atomic E-state index is 0.0761. The molecule has 0 bridgehead atoms. The highest BCUT2D eigenvalue weighted by atomic mass is 35.5. The number of hydrogen-bond donors (Lipinski definition) is 2. The van der Waals surface area contributed by atoms with Crippen molar-refractivity contribution in [2.24, 2.45) is 0 Å². The average Bonchev–Trinajstić information content (AvgIpc) is 3.09.